The molecule has 1 aromatic heterocycles. The van der Waals surface area contributed by atoms with Gasteiger partial charge in [-0.15, -0.1) is 11.3 Å². The van der Waals surface area contributed by atoms with Gasteiger partial charge >= 0.3 is 0 Å². The third kappa shape index (κ3) is 3.23. The van der Waals surface area contributed by atoms with Crippen molar-refractivity contribution in [3.8, 4) is 11.3 Å². The molecular formula is C22H24FN3O3S. The highest BCUT2D eigenvalue weighted by molar-refractivity contribution is 7.14. The molecule has 1 aliphatic heterocycles. The summed E-state index contributed by atoms with van der Waals surface area (Å²) in [7, 11) is 0. The van der Waals surface area contributed by atoms with Crippen molar-refractivity contribution < 1.29 is 18.8 Å². The average molecular weight is 430 g/mol. The third-order valence-corrected chi connectivity index (χ3v) is 7.72. The number of aromatic nitrogens is 1. The summed E-state index contributed by atoms with van der Waals surface area (Å²) in [4.78, 5) is 43.9. The summed E-state index contributed by atoms with van der Waals surface area (Å²) in [6.07, 6.45) is 1.43. The Morgan fingerprint density at radius 1 is 1.27 bits per heavy atom. The number of piperidine rings is 1. The van der Waals surface area contributed by atoms with Gasteiger partial charge in [0, 0.05) is 29.8 Å². The number of nitrogens with zero attached hydrogens (tertiary/aromatic N) is 2. The molecule has 6 nitrogen and oxygen atoms in total. The number of carbonyl (C=O) groups excluding carboxylic acids is 3. The molecule has 158 valence electrons. The van der Waals surface area contributed by atoms with Crippen LogP contribution in [-0.2, 0) is 14.4 Å². The molecule has 2 bridgehead atoms. The monoisotopic (exact) mass is 429 g/mol. The molecule has 2 fully saturated rings. The summed E-state index contributed by atoms with van der Waals surface area (Å²) in [5, 5.41) is 4.92. The van der Waals surface area contributed by atoms with Gasteiger partial charge in [-0.3, -0.25) is 19.3 Å². The van der Waals surface area contributed by atoms with Crippen LogP contribution in [0.1, 0.15) is 40.0 Å². The Bertz CT molecular complexity index is 1020. The van der Waals surface area contributed by atoms with Gasteiger partial charge < -0.3 is 5.32 Å². The number of amides is 3. The fourth-order valence-electron chi connectivity index (χ4n) is 4.59. The molecule has 2 aliphatic rings. The normalized spacial score (nSPS) is 24.9. The molecule has 0 spiro atoms. The zero-order valence-corrected chi connectivity index (χ0v) is 18.0. The average Bonchev–Trinajstić information content (AvgIpc) is 3.22. The van der Waals surface area contributed by atoms with E-state index in [1.807, 2.05) is 20.8 Å². The number of anilines is 1. The number of fused-ring (bicyclic) bond motifs is 2. The van der Waals surface area contributed by atoms with Crippen molar-refractivity contribution in [1.29, 1.82) is 0 Å². The second-order valence-electron chi connectivity index (χ2n) is 8.78. The molecular weight excluding hydrogens is 405 g/mol. The summed E-state index contributed by atoms with van der Waals surface area (Å²) in [5.74, 6) is -1.15. The minimum atomic E-state index is -0.568. The van der Waals surface area contributed by atoms with Gasteiger partial charge in [0.1, 0.15) is 5.82 Å². The highest BCUT2D eigenvalue weighted by Crippen LogP contribution is 2.60. The zero-order valence-electron chi connectivity index (χ0n) is 17.2. The smallest absolute Gasteiger partial charge is 0.235 e. The second kappa shape index (κ2) is 7.27. The van der Waals surface area contributed by atoms with E-state index in [0.717, 1.165) is 5.56 Å². The summed E-state index contributed by atoms with van der Waals surface area (Å²) < 4.78 is 13.1. The molecule has 2 unspecified atom stereocenters. The Hall–Kier alpha value is -2.61. The quantitative estimate of drug-likeness (QED) is 0.726. The summed E-state index contributed by atoms with van der Waals surface area (Å²) in [6.45, 7) is 5.99. The molecule has 1 saturated carbocycles. The number of nitrogens with one attached hydrogen (secondary N) is 1. The van der Waals surface area contributed by atoms with E-state index >= 15 is 0 Å². The van der Waals surface area contributed by atoms with Gasteiger partial charge in [0.2, 0.25) is 17.7 Å². The zero-order chi connectivity index (χ0) is 21.7. The van der Waals surface area contributed by atoms with Gasteiger partial charge in [-0.1, -0.05) is 20.8 Å². The number of halogens is 1. The van der Waals surface area contributed by atoms with Crippen LogP contribution in [-0.4, -0.2) is 34.2 Å². The van der Waals surface area contributed by atoms with Crippen molar-refractivity contribution in [3.63, 3.8) is 0 Å². The lowest BCUT2D eigenvalue weighted by molar-refractivity contribution is -0.167. The number of hydrogen-bond acceptors (Lipinski definition) is 5. The Kier molecular flexibility index (Phi) is 5.00. The number of imide groups is 1. The standard InChI is InChI=1S/C22H24FN3O3S/c1-21(2)15-8-10-22(21,3)19(29)26(18(15)28)11-9-17(27)25-20-24-16(12-30-20)13-4-6-14(23)7-5-13/h4-7,12,15H,8-11H2,1-3H3,(H,24,25,27). The van der Waals surface area contributed by atoms with Crippen molar-refractivity contribution in [2.45, 2.75) is 40.0 Å². The summed E-state index contributed by atoms with van der Waals surface area (Å²) >= 11 is 1.27. The minimum absolute atomic E-state index is 0.0200. The molecule has 1 saturated heterocycles. The van der Waals surface area contributed by atoms with E-state index in [1.54, 1.807) is 17.5 Å². The minimum Gasteiger partial charge on any atom is -0.302 e. The van der Waals surface area contributed by atoms with Gasteiger partial charge in [0.15, 0.2) is 5.13 Å². The van der Waals surface area contributed by atoms with E-state index in [2.05, 4.69) is 10.3 Å². The van der Waals surface area contributed by atoms with Crippen LogP contribution in [0.3, 0.4) is 0 Å². The summed E-state index contributed by atoms with van der Waals surface area (Å²) in [5.41, 5.74) is 0.464. The highest BCUT2D eigenvalue weighted by atomic mass is 32.1. The van der Waals surface area contributed by atoms with Crippen LogP contribution < -0.4 is 5.32 Å². The van der Waals surface area contributed by atoms with E-state index in [9.17, 15) is 18.8 Å². The first-order chi connectivity index (χ1) is 14.1. The summed E-state index contributed by atoms with van der Waals surface area (Å²) in [6, 6.07) is 5.96. The van der Waals surface area contributed by atoms with E-state index < -0.39 is 5.41 Å². The Balaban J connectivity index is 1.38. The largest absolute Gasteiger partial charge is 0.302 e. The van der Waals surface area contributed by atoms with Gasteiger partial charge in [-0.25, -0.2) is 9.37 Å². The van der Waals surface area contributed by atoms with Crippen LogP contribution in [0.5, 0.6) is 0 Å². The Labute approximate surface area is 178 Å². The van der Waals surface area contributed by atoms with Crippen molar-refractivity contribution in [2.75, 3.05) is 11.9 Å². The van der Waals surface area contributed by atoms with Gasteiger partial charge in [-0.05, 0) is 42.5 Å². The number of hydrogen-bond donors (Lipinski definition) is 1. The van der Waals surface area contributed by atoms with E-state index in [1.165, 1.54) is 28.4 Å². The SMILES string of the molecule is CC12CCC(C(=O)N(CCC(=O)Nc3nc(-c4ccc(F)cc4)cs3)C1=O)C2(C)C. The molecule has 2 aromatic rings. The highest BCUT2D eigenvalue weighted by Gasteiger charge is 2.64. The van der Waals surface area contributed by atoms with Crippen molar-refractivity contribution in [3.05, 3.63) is 35.5 Å². The molecule has 3 amide bonds. The first kappa shape index (κ1) is 20.7. The molecule has 2 atom stereocenters. The van der Waals surface area contributed by atoms with Crippen LogP contribution >= 0.6 is 11.3 Å². The first-order valence-corrected chi connectivity index (χ1v) is 10.9. The molecule has 4 rings (SSSR count). The van der Waals surface area contributed by atoms with E-state index in [-0.39, 0.29) is 47.8 Å². The van der Waals surface area contributed by atoms with Gasteiger partial charge in [-0.2, -0.15) is 0 Å². The van der Waals surface area contributed by atoms with Gasteiger partial charge in [0.25, 0.3) is 0 Å². The molecule has 2 heterocycles. The Morgan fingerprint density at radius 3 is 2.67 bits per heavy atom. The van der Waals surface area contributed by atoms with E-state index in [4.69, 9.17) is 0 Å². The predicted molar refractivity (Wildman–Crippen MR) is 112 cm³/mol. The fraction of sp³-hybridized carbons (Fsp3) is 0.455. The molecule has 1 aromatic carbocycles. The lowest BCUT2D eigenvalue weighted by atomic mass is 9.62. The van der Waals surface area contributed by atoms with Crippen LogP contribution in [0.2, 0.25) is 0 Å². The lowest BCUT2D eigenvalue weighted by Gasteiger charge is -2.47. The van der Waals surface area contributed by atoms with Crippen LogP contribution in [0.25, 0.3) is 11.3 Å². The van der Waals surface area contributed by atoms with Crippen molar-refractivity contribution >= 4 is 34.2 Å². The van der Waals surface area contributed by atoms with E-state index in [0.29, 0.717) is 23.7 Å². The molecule has 8 heteroatoms. The topological polar surface area (TPSA) is 79.4 Å². The van der Waals surface area contributed by atoms with Crippen molar-refractivity contribution in [2.24, 2.45) is 16.7 Å². The number of thiazole rings is 1. The Morgan fingerprint density at radius 2 is 1.97 bits per heavy atom. The first-order valence-electron chi connectivity index (χ1n) is 10.0. The maximum Gasteiger partial charge on any atom is 0.235 e. The van der Waals surface area contributed by atoms with Crippen molar-refractivity contribution in [1.82, 2.24) is 9.88 Å². The third-order valence-electron chi connectivity index (χ3n) is 6.96. The second-order valence-corrected chi connectivity index (χ2v) is 9.64. The number of rotatable bonds is 5. The number of benzene rings is 1. The van der Waals surface area contributed by atoms with Crippen LogP contribution in [0, 0.1) is 22.6 Å². The fourth-order valence-corrected chi connectivity index (χ4v) is 5.33. The molecule has 0 radical (unpaired) electrons. The van der Waals surface area contributed by atoms with Crippen LogP contribution in [0.15, 0.2) is 29.6 Å². The molecule has 1 aliphatic carbocycles. The van der Waals surface area contributed by atoms with Crippen LogP contribution in [0.4, 0.5) is 9.52 Å². The molecule has 30 heavy (non-hydrogen) atoms. The lowest BCUT2D eigenvalue weighted by Crippen LogP contribution is -2.59. The number of carbonyl (C=O) groups is 3. The predicted octanol–water partition coefficient (Wildman–Crippen LogP) is 4.09. The van der Waals surface area contributed by atoms with Gasteiger partial charge in [0.05, 0.1) is 11.1 Å². The number of likely N-dealkylation sites (tertiary alicyclic amines) is 1. The molecule has 1 N–H and O–H groups in total. The maximum absolute atomic E-state index is 13.1. The maximum atomic E-state index is 13.1.